The molecule has 2 rings (SSSR count). The number of nitrogens with zero attached hydrogens (tertiary/aromatic N) is 2. The fourth-order valence-corrected chi connectivity index (χ4v) is 3.77. The number of halogens is 1. The summed E-state index contributed by atoms with van der Waals surface area (Å²) < 4.78 is 35.7. The van der Waals surface area contributed by atoms with Crippen LogP contribution < -0.4 is 0 Å². The lowest BCUT2D eigenvalue weighted by molar-refractivity contribution is 0.0595. The number of amides is 1. The van der Waals surface area contributed by atoms with Crippen LogP contribution in [0.3, 0.4) is 0 Å². The molecule has 1 amide bonds. The lowest BCUT2D eigenvalue weighted by Crippen LogP contribution is -2.34. The number of oxazole rings is 1. The normalized spacial score (nSPS) is 11.2. The average Bonchev–Trinajstić information content (AvgIpc) is 3.08. The first-order valence-corrected chi connectivity index (χ1v) is 8.90. The first-order chi connectivity index (χ1) is 11.7. The van der Waals surface area contributed by atoms with Crippen LogP contribution in [0.1, 0.15) is 33.7 Å². The number of aromatic nitrogens is 1. The predicted molar refractivity (Wildman–Crippen MR) is 88.0 cm³/mol. The molecule has 0 fully saturated rings. The molecule has 0 bridgehead atoms. The van der Waals surface area contributed by atoms with Crippen molar-refractivity contribution >= 4 is 33.5 Å². The van der Waals surface area contributed by atoms with E-state index in [-0.39, 0.29) is 16.5 Å². The molecule has 0 radical (unpaired) electrons. The fourth-order valence-electron chi connectivity index (χ4n) is 1.99. The zero-order valence-electron chi connectivity index (χ0n) is 13.6. The molecule has 8 nitrogen and oxygen atoms in total. The van der Waals surface area contributed by atoms with Crippen molar-refractivity contribution in [2.24, 2.45) is 0 Å². The van der Waals surface area contributed by atoms with E-state index in [0.717, 1.165) is 14.2 Å². The summed E-state index contributed by atoms with van der Waals surface area (Å²) in [5.41, 5.74) is 0.221. The number of carbonyl (C=O) groups excluding carboxylic acids is 2. The van der Waals surface area contributed by atoms with Crippen molar-refractivity contribution < 1.29 is 27.2 Å². The largest absolute Gasteiger partial charge is 0.465 e. The first-order valence-electron chi connectivity index (χ1n) is 7.08. The number of methoxy groups -OCH3 is 1. The Hall–Kier alpha value is -2.39. The van der Waals surface area contributed by atoms with Crippen LogP contribution in [0, 0.1) is 0 Å². The molecule has 10 heteroatoms. The predicted octanol–water partition coefficient (Wildman–Crippen LogP) is 2.14. The van der Waals surface area contributed by atoms with Crippen molar-refractivity contribution in [2.75, 3.05) is 14.2 Å². The number of rotatable bonds is 5. The van der Waals surface area contributed by atoms with E-state index in [9.17, 15) is 18.0 Å². The molecule has 25 heavy (non-hydrogen) atoms. The molecule has 0 aliphatic heterocycles. The van der Waals surface area contributed by atoms with Gasteiger partial charge in [0.15, 0.2) is 0 Å². The number of hydrogen-bond acceptors (Lipinski definition) is 7. The lowest BCUT2D eigenvalue weighted by atomic mass is 10.2. The van der Waals surface area contributed by atoms with Gasteiger partial charge in [0, 0.05) is 7.05 Å². The van der Waals surface area contributed by atoms with E-state index in [4.69, 9.17) is 16.0 Å². The Morgan fingerprint density at radius 1 is 1.36 bits per heavy atom. The maximum atomic E-state index is 12.8. The molecule has 1 aromatic heterocycles. The van der Waals surface area contributed by atoms with Gasteiger partial charge < -0.3 is 9.15 Å². The molecule has 0 aliphatic carbocycles. The van der Waals surface area contributed by atoms with Crippen LogP contribution in [0.4, 0.5) is 0 Å². The molecular formula is C15H15ClN2O6S. The van der Waals surface area contributed by atoms with Crippen molar-refractivity contribution in [1.29, 1.82) is 0 Å². The summed E-state index contributed by atoms with van der Waals surface area (Å²) in [5.74, 6) is -2.27. The number of benzene rings is 1. The Morgan fingerprint density at radius 3 is 2.60 bits per heavy atom. The third-order valence-electron chi connectivity index (χ3n) is 3.37. The number of aryl methyl sites for hydroxylation is 1. The maximum absolute atomic E-state index is 12.8. The number of carbonyl (C=O) groups is 2. The minimum atomic E-state index is -4.45. The van der Waals surface area contributed by atoms with Gasteiger partial charge in [-0.25, -0.2) is 22.5 Å². The summed E-state index contributed by atoms with van der Waals surface area (Å²) in [5, 5.41) is -0.218. The monoisotopic (exact) mass is 386 g/mol. The third-order valence-corrected chi connectivity index (χ3v) is 5.64. The van der Waals surface area contributed by atoms with E-state index in [1.165, 1.54) is 24.5 Å². The summed E-state index contributed by atoms with van der Waals surface area (Å²) in [6.45, 7) is 1.80. The molecule has 0 aliphatic rings. The van der Waals surface area contributed by atoms with Crippen molar-refractivity contribution in [2.45, 2.75) is 18.2 Å². The Morgan fingerprint density at radius 2 is 2.04 bits per heavy atom. The van der Waals surface area contributed by atoms with E-state index in [1.807, 2.05) is 0 Å². The number of hydrogen-bond donors (Lipinski definition) is 0. The highest BCUT2D eigenvalue weighted by Gasteiger charge is 2.34. The van der Waals surface area contributed by atoms with Crippen LogP contribution >= 0.6 is 11.6 Å². The van der Waals surface area contributed by atoms with Gasteiger partial charge >= 0.3 is 11.9 Å². The summed E-state index contributed by atoms with van der Waals surface area (Å²) in [7, 11) is -2.32. The number of esters is 1. The second kappa shape index (κ2) is 7.24. The van der Waals surface area contributed by atoms with Gasteiger partial charge in [-0.15, -0.1) is 0 Å². The molecule has 2 aromatic rings. The van der Waals surface area contributed by atoms with Crippen LogP contribution in [0.2, 0.25) is 5.02 Å². The Labute approximate surface area is 149 Å². The minimum Gasteiger partial charge on any atom is -0.465 e. The van der Waals surface area contributed by atoms with Crippen molar-refractivity contribution in [1.82, 2.24) is 9.29 Å². The zero-order valence-corrected chi connectivity index (χ0v) is 15.2. The van der Waals surface area contributed by atoms with E-state index in [2.05, 4.69) is 9.72 Å². The third kappa shape index (κ3) is 3.52. The second-order valence-electron chi connectivity index (χ2n) is 4.88. The molecule has 0 N–H and O–H groups in total. The van der Waals surface area contributed by atoms with E-state index >= 15 is 0 Å². The summed E-state index contributed by atoms with van der Waals surface area (Å²) in [6.07, 6.45) is 1.79. The highest BCUT2D eigenvalue weighted by atomic mass is 35.5. The van der Waals surface area contributed by atoms with Gasteiger partial charge in [-0.2, -0.15) is 0 Å². The minimum absolute atomic E-state index is 0.218. The molecule has 0 unspecified atom stereocenters. The number of ether oxygens (including phenoxy) is 1. The summed E-state index contributed by atoms with van der Waals surface area (Å²) in [6, 6.07) is 3.93. The van der Waals surface area contributed by atoms with E-state index in [1.54, 1.807) is 6.92 Å². The van der Waals surface area contributed by atoms with Crippen LogP contribution in [-0.4, -0.2) is 43.7 Å². The first kappa shape index (κ1) is 18.9. The van der Waals surface area contributed by atoms with Gasteiger partial charge in [0.2, 0.25) is 0 Å². The Kier molecular flexibility index (Phi) is 5.48. The van der Waals surface area contributed by atoms with Gasteiger partial charge in [-0.3, -0.25) is 4.79 Å². The van der Waals surface area contributed by atoms with Crippen molar-refractivity contribution in [3.8, 4) is 0 Å². The molecule has 0 atom stereocenters. The molecule has 0 spiro atoms. The molecular weight excluding hydrogens is 372 g/mol. The SMILES string of the molecule is CCc1coc(C(=O)N(C)S(=O)(=O)c2c(Cl)cccc2C(=O)OC)n1. The van der Waals surface area contributed by atoms with Gasteiger partial charge in [0.25, 0.3) is 15.9 Å². The molecule has 1 heterocycles. The van der Waals surface area contributed by atoms with Crippen LogP contribution in [0.15, 0.2) is 33.8 Å². The van der Waals surface area contributed by atoms with Crippen LogP contribution in [0.5, 0.6) is 0 Å². The van der Waals surface area contributed by atoms with Gasteiger partial charge in [0.1, 0.15) is 11.2 Å². The zero-order chi connectivity index (χ0) is 18.8. The van der Waals surface area contributed by atoms with Gasteiger partial charge in [-0.05, 0) is 18.6 Å². The Bertz CT molecular complexity index is 922. The van der Waals surface area contributed by atoms with Gasteiger partial charge in [0.05, 0.1) is 23.4 Å². The van der Waals surface area contributed by atoms with Crippen molar-refractivity contribution in [3.63, 3.8) is 0 Å². The highest BCUT2D eigenvalue weighted by molar-refractivity contribution is 7.89. The van der Waals surface area contributed by atoms with Crippen molar-refractivity contribution in [3.05, 3.63) is 46.6 Å². The molecule has 0 saturated carbocycles. The maximum Gasteiger partial charge on any atom is 0.339 e. The summed E-state index contributed by atoms with van der Waals surface area (Å²) >= 11 is 5.97. The average molecular weight is 387 g/mol. The standard InChI is InChI=1S/C15H15ClN2O6S/c1-4-9-8-24-13(17-9)14(19)18(2)25(21,22)12-10(15(20)23-3)6-5-7-11(12)16/h5-8H,4H2,1-3H3. The van der Waals surface area contributed by atoms with E-state index in [0.29, 0.717) is 16.4 Å². The van der Waals surface area contributed by atoms with Gasteiger partial charge in [-0.1, -0.05) is 24.6 Å². The fraction of sp³-hybridized carbons (Fsp3) is 0.267. The highest BCUT2D eigenvalue weighted by Crippen LogP contribution is 2.29. The molecule has 134 valence electrons. The topological polar surface area (TPSA) is 107 Å². The quantitative estimate of drug-likeness (QED) is 0.724. The lowest BCUT2D eigenvalue weighted by Gasteiger charge is -2.18. The van der Waals surface area contributed by atoms with Crippen LogP contribution in [0.25, 0.3) is 0 Å². The Balaban J connectivity index is 2.51. The smallest absolute Gasteiger partial charge is 0.339 e. The number of sulfonamides is 1. The molecule has 0 saturated heterocycles. The van der Waals surface area contributed by atoms with E-state index < -0.39 is 26.8 Å². The summed E-state index contributed by atoms with van der Waals surface area (Å²) in [4.78, 5) is 27.6. The second-order valence-corrected chi connectivity index (χ2v) is 7.20. The molecule has 1 aromatic carbocycles. The van der Waals surface area contributed by atoms with Crippen LogP contribution in [-0.2, 0) is 21.2 Å².